The number of ether oxygens (including phenoxy) is 1. The summed E-state index contributed by atoms with van der Waals surface area (Å²) in [7, 11) is 1.54. The summed E-state index contributed by atoms with van der Waals surface area (Å²) in [5.41, 5.74) is 1.01. The monoisotopic (exact) mass is 420 g/mol. The van der Waals surface area contributed by atoms with Crippen LogP contribution in [-0.2, 0) is 14.3 Å². The molecule has 0 aliphatic rings. The van der Waals surface area contributed by atoms with Gasteiger partial charge in [-0.15, -0.1) is 11.8 Å². The van der Waals surface area contributed by atoms with Crippen molar-refractivity contribution in [1.29, 1.82) is 0 Å². The lowest BCUT2D eigenvalue weighted by molar-refractivity contribution is -0.147. The van der Waals surface area contributed by atoms with Crippen molar-refractivity contribution in [2.24, 2.45) is 0 Å². The number of amides is 2. The summed E-state index contributed by atoms with van der Waals surface area (Å²) >= 11 is 7.46. The van der Waals surface area contributed by atoms with E-state index in [1.807, 2.05) is 24.3 Å². The first-order valence-electron chi connectivity index (χ1n) is 8.64. The molecule has 0 unspecified atom stereocenters. The third-order valence-electron chi connectivity index (χ3n) is 3.63. The summed E-state index contributed by atoms with van der Waals surface area (Å²) in [6.07, 6.45) is 0.892. The molecule has 0 saturated heterocycles. The fourth-order valence-electron chi connectivity index (χ4n) is 2.20. The van der Waals surface area contributed by atoms with E-state index in [1.165, 1.54) is 0 Å². The zero-order valence-electron chi connectivity index (χ0n) is 15.4. The maximum Gasteiger partial charge on any atom is 0.306 e. The minimum atomic E-state index is -0.434. The number of anilines is 1. The van der Waals surface area contributed by atoms with E-state index in [2.05, 4.69) is 10.6 Å². The molecule has 8 heteroatoms. The Bertz CT molecular complexity index is 810. The molecule has 0 fully saturated rings. The van der Waals surface area contributed by atoms with Gasteiger partial charge in [0.25, 0.3) is 11.8 Å². The molecule has 148 valence electrons. The molecule has 0 radical (unpaired) electrons. The van der Waals surface area contributed by atoms with Gasteiger partial charge in [-0.3, -0.25) is 14.4 Å². The number of halogens is 1. The summed E-state index contributed by atoms with van der Waals surface area (Å²) in [5, 5.41) is 5.82. The minimum Gasteiger partial charge on any atom is -0.456 e. The van der Waals surface area contributed by atoms with Gasteiger partial charge in [0.1, 0.15) is 0 Å². The number of carbonyl (C=O) groups excluding carboxylic acids is 3. The molecule has 6 nitrogen and oxygen atoms in total. The van der Waals surface area contributed by atoms with Crippen molar-refractivity contribution in [3.8, 4) is 0 Å². The number of carbonyl (C=O) groups is 3. The average Bonchev–Trinajstić information content (AvgIpc) is 2.71. The van der Waals surface area contributed by atoms with Crippen LogP contribution in [0.15, 0.2) is 53.4 Å². The van der Waals surface area contributed by atoms with Gasteiger partial charge < -0.3 is 15.4 Å². The Labute approximate surface area is 173 Å². The first kappa shape index (κ1) is 21.8. The highest BCUT2D eigenvalue weighted by molar-refractivity contribution is 7.99. The topological polar surface area (TPSA) is 84.5 Å². The highest BCUT2D eigenvalue weighted by atomic mass is 35.5. The molecule has 2 rings (SSSR count). The minimum absolute atomic E-state index is 0.207. The van der Waals surface area contributed by atoms with E-state index >= 15 is 0 Å². The summed E-state index contributed by atoms with van der Waals surface area (Å²) in [4.78, 5) is 36.1. The van der Waals surface area contributed by atoms with Crippen LogP contribution in [0.3, 0.4) is 0 Å². The van der Waals surface area contributed by atoms with Gasteiger partial charge in [0.15, 0.2) is 6.61 Å². The fraction of sp³-hybridized carbons (Fsp3) is 0.250. The van der Waals surface area contributed by atoms with Crippen LogP contribution in [0.4, 0.5) is 5.69 Å². The fourth-order valence-corrected chi connectivity index (χ4v) is 3.18. The Hall–Kier alpha value is -2.51. The van der Waals surface area contributed by atoms with Crippen LogP contribution < -0.4 is 10.6 Å². The predicted octanol–water partition coefficient (Wildman–Crippen LogP) is 3.75. The van der Waals surface area contributed by atoms with Gasteiger partial charge in [0.05, 0.1) is 0 Å². The van der Waals surface area contributed by atoms with Crippen LogP contribution >= 0.6 is 23.4 Å². The number of hydrogen-bond donors (Lipinski definition) is 2. The summed E-state index contributed by atoms with van der Waals surface area (Å²) < 4.78 is 4.98. The van der Waals surface area contributed by atoms with Crippen LogP contribution in [0.1, 0.15) is 23.2 Å². The summed E-state index contributed by atoms with van der Waals surface area (Å²) in [6.45, 7) is -0.347. The number of hydrogen-bond acceptors (Lipinski definition) is 5. The van der Waals surface area contributed by atoms with Crippen molar-refractivity contribution >= 4 is 46.8 Å². The van der Waals surface area contributed by atoms with E-state index in [4.69, 9.17) is 16.3 Å². The van der Waals surface area contributed by atoms with Gasteiger partial charge in [-0.2, -0.15) is 0 Å². The van der Waals surface area contributed by atoms with Crippen LogP contribution in [0.5, 0.6) is 0 Å². The Balaban J connectivity index is 1.63. The van der Waals surface area contributed by atoms with Crippen molar-refractivity contribution in [3.05, 3.63) is 59.1 Å². The molecule has 28 heavy (non-hydrogen) atoms. The summed E-state index contributed by atoms with van der Waals surface area (Å²) in [6, 6.07) is 13.9. The number of benzene rings is 2. The molecule has 0 aliphatic carbocycles. The molecule has 0 atom stereocenters. The number of thioether (sulfide) groups is 1. The molecule has 0 aliphatic heterocycles. The second-order valence-corrected chi connectivity index (χ2v) is 7.38. The van der Waals surface area contributed by atoms with E-state index in [0.717, 1.165) is 10.6 Å². The molecule has 0 bridgehead atoms. The molecule has 0 aromatic heterocycles. The molecule has 0 saturated carbocycles. The van der Waals surface area contributed by atoms with Crippen LogP contribution in [-0.4, -0.2) is 37.2 Å². The van der Waals surface area contributed by atoms with E-state index in [0.29, 0.717) is 22.7 Å². The Morgan fingerprint density at radius 2 is 1.71 bits per heavy atom. The largest absolute Gasteiger partial charge is 0.456 e. The van der Waals surface area contributed by atoms with Gasteiger partial charge in [-0.25, -0.2) is 0 Å². The first-order chi connectivity index (χ1) is 13.5. The Kier molecular flexibility index (Phi) is 8.84. The van der Waals surface area contributed by atoms with E-state index < -0.39 is 11.9 Å². The lowest BCUT2D eigenvalue weighted by Crippen LogP contribution is -2.21. The number of nitrogens with one attached hydrogen (secondary N) is 2. The summed E-state index contributed by atoms with van der Waals surface area (Å²) in [5.74, 6) is -0.292. The third kappa shape index (κ3) is 7.62. The van der Waals surface area contributed by atoms with E-state index in [1.54, 1.807) is 43.1 Å². The predicted molar refractivity (Wildman–Crippen MR) is 111 cm³/mol. The standard InChI is InChI=1S/C20H21ClN2O4S/c1-22-20(26)14-4-8-16(9-5-14)23-18(24)13-27-19(25)3-2-12-28-17-10-6-15(21)7-11-17/h4-11H,2-3,12-13H2,1H3,(H,22,26)(H,23,24). The Morgan fingerprint density at radius 1 is 1.04 bits per heavy atom. The normalized spacial score (nSPS) is 10.2. The lowest BCUT2D eigenvalue weighted by atomic mass is 10.2. The van der Waals surface area contributed by atoms with Gasteiger partial charge >= 0.3 is 5.97 Å². The molecular formula is C20H21ClN2O4S. The molecular weight excluding hydrogens is 400 g/mol. The smallest absolute Gasteiger partial charge is 0.306 e. The van der Waals surface area contributed by atoms with Gasteiger partial charge in [0, 0.05) is 34.6 Å². The maximum absolute atomic E-state index is 11.9. The quantitative estimate of drug-likeness (QED) is 0.366. The van der Waals surface area contributed by atoms with E-state index in [9.17, 15) is 14.4 Å². The van der Waals surface area contributed by atoms with Crippen LogP contribution in [0.25, 0.3) is 0 Å². The molecule has 2 aromatic rings. The van der Waals surface area contributed by atoms with Gasteiger partial charge in [-0.05, 0) is 60.7 Å². The average molecular weight is 421 g/mol. The zero-order chi connectivity index (χ0) is 20.4. The highest BCUT2D eigenvalue weighted by Gasteiger charge is 2.09. The second-order valence-electron chi connectivity index (χ2n) is 5.77. The third-order valence-corrected chi connectivity index (χ3v) is 4.98. The lowest BCUT2D eigenvalue weighted by Gasteiger charge is -2.07. The maximum atomic E-state index is 11.9. The van der Waals surface area contributed by atoms with Crippen molar-refractivity contribution in [2.75, 3.05) is 24.7 Å². The van der Waals surface area contributed by atoms with Crippen molar-refractivity contribution in [2.45, 2.75) is 17.7 Å². The number of esters is 1. The molecule has 2 N–H and O–H groups in total. The van der Waals surface area contributed by atoms with Gasteiger partial charge in [-0.1, -0.05) is 11.6 Å². The second kappa shape index (κ2) is 11.4. The van der Waals surface area contributed by atoms with Crippen molar-refractivity contribution in [3.63, 3.8) is 0 Å². The zero-order valence-corrected chi connectivity index (χ0v) is 16.9. The van der Waals surface area contributed by atoms with Crippen LogP contribution in [0, 0.1) is 0 Å². The van der Waals surface area contributed by atoms with Gasteiger partial charge in [0.2, 0.25) is 0 Å². The highest BCUT2D eigenvalue weighted by Crippen LogP contribution is 2.21. The van der Waals surface area contributed by atoms with Crippen LogP contribution in [0.2, 0.25) is 5.02 Å². The molecule has 2 amide bonds. The van der Waals surface area contributed by atoms with Crippen molar-refractivity contribution in [1.82, 2.24) is 5.32 Å². The van der Waals surface area contributed by atoms with Crippen molar-refractivity contribution < 1.29 is 19.1 Å². The van der Waals surface area contributed by atoms with E-state index in [-0.39, 0.29) is 18.9 Å². The first-order valence-corrected chi connectivity index (χ1v) is 10.0. The SMILES string of the molecule is CNC(=O)c1ccc(NC(=O)COC(=O)CCCSc2ccc(Cl)cc2)cc1. The molecule has 0 heterocycles. The molecule has 0 spiro atoms. The number of rotatable bonds is 9. The molecule has 2 aromatic carbocycles. The Morgan fingerprint density at radius 3 is 2.36 bits per heavy atom.